The molecule has 1 atom stereocenters. The molecule has 0 aromatic carbocycles. The largest absolute Gasteiger partial charge is 0.466 e. The molecule has 0 spiro atoms. The van der Waals surface area contributed by atoms with Crippen molar-refractivity contribution >= 4 is 5.97 Å². The zero-order chi connectivity index (χ0) is 13.6. The van der Waals surface area contributed by atoms with Crippen LogP contribution in [-0.2, 0) is 9.53 Å². The standard InChI is InChI=1S/C16H32O2/c1-4-7-9-10-12-15(11-8-5-2)13-14-16(17)18-6-3/h15H,4-14H2,1-3H3. The Balaban J connectivity index is 3.79. The Labute approximate surface area is 113 Å². The molecule has 18 heavy (non-hydrogen) atoms. The molecular weight excluding hydrogens is 224 g/mol. The number of ether oxygens (including phenoxy) is 1. The highest BCUT2D eigenvalue weighted by atomic mass is 16.5. The number of carbonyl (C=O) groups is 1. The fourth-order valence-corrected chi connectivity index (χ4v) is 2.34. The van der Waals surface area contributed by atoms with Gasteiger partial charge < -0.3 is 4.74 Å². The van der Waals surface area contributed by atoms with Gasteiger partial charge in [0.15, 0.2) is 0 Å². The Morgan fingerprint density at radius 3 is 2.17 bits per heavy atom. The number of hydrogen-bond donors (Lipinski definition) is 0. The van der Waals surface area contributed by atoms with Crippen LogP contribution in [0.2, 0.25) is 0 Å². The third-order valence-corrected chi connectivity index (χ3v) is 3.49. The van der Waals surface area contributed by atoms with Crippen LogP contribution < -0.4 is 0 Å². The minimum absolute atomic E-state index is 0.0208. The van der Waals surface area contributed by atoms with E-state index in [1.165, 1.54) is 51.4 Å². The first-order valence-corrected chi connectivity index (χ1v) is 7.90. The summed E-state index contributed by atoms with van der Waals surface area (Å²) in [7, 11) is 0. The monoisotopic (exact) mass is 256 g/mol. The van der Waals surface area contributed by atoms with Gasteiger partial charge in [-0.1, -0.05) is 65.2 Å². The molecule has 0 aromatic heterocycles. The lowest BCUT2D eigenvalue weighted by molar-refractivity contribution is -0.143. The molecule has 108 valence electrons. The summed E-state index contributed by atoms with van der Waals surface area (Å²) in [6.45, 7) is 6.86. The molecule has 0 aliphatic heterocycles. The van der Waals surface area contributed by atoms with E-state index in [4.69, 9.17) is 4.74 Å². The summed E-state index contributed by atoms with van der Waals surface area (Å²) in [6.07, 6.45) is 12.1. The van der Waals surface area contributed by atoms with Crippen molar-refractivity contribution in [3.63, 3.8) is 0 Å². The highest BCUT2D eigenvalue weighted by molar-refractivity contribution is 5.69. The van der Waals surface area contributed by atoms with E-state index in [2.05, 4.69) is 13.8 Å². The van der Waals surface area contributed by atoms with Gasteiger partial charge in [-0.15, -0.1) is 0 Å². The quantitative estimate of drug-likeness (QED) is 0.358. The van der Waals surface area contributed by atoms with Crippen LogP contribution in [0.1, 0.15) is 85.0 Å². The molecule has 0 radical (unpaired) electrons. The molecule has 0 heterocycles. The highest BCUT2D eigenvalue weighted by Crippen LogP contribution is 2.22. The van der Waals surface area contributed by atoms with Crippen molar-refractivity contribution in [1.29, 1.82) is 0 Å². The van der Waals surface area contributed by atoms with Gasteiger partial charge in [-0.25, -0.2) is 0 Å². The van der Waals surface area contributed by atoms with E-state index in [0.29, 0.717) is 13.0 Å². The minimum Gasteiger partial charge on any atom is -0.466 e. The Morgan fingerprint density at radius 2 is 1.56 bits per heavy atom. The predicted octanol–water partition coefficient (Wildman–Crippen LogP) is 5.11. The molecular formula is C16H32O2. The second-order valence-corrected chi connectivity index (χ2v) is 5.20. The van der Waals surface area contributed by atoms with Crippen LogP contribution in [-0.4, -0.2) is 12.6 Å². The molecule has 2 heteroatoms. The second-order valence-electron chi connectivity index (χ2n) is 5.20. The SMILES string of the molecule is CCCCCCC(CCCC)CCC(=O)OCC. The molecule has 0 saturated heterocycles. The zero-order valence-corrected chi connectivity index (χ0v) is 12.7. The van der Waals surface area contributed by atoms with Crippen LogP contribution in [0.5, 0.6) is 0 Å². The summed E-state index contributed by atoms with van der Waals surface area (Å²) in [4.78, 5) is 11.4. The van der Waals surface area contributed by atoms with Gasteiger partial charge in [-0.05, 0) is 19.3 Å². The van der Waals surface area contributed by atoms with Gasteiger partial charge in [0.1, 0.15) is 0 Å². The van der Waals surface area contributed by atoms with Gasteiger partial charge in [-0.3, -0.25) is 4.79 Å². The van der Waals surface area contributed by atoms with Crippen LogP contribution >= 0.6 is 0 Å². The topological polar surface area (TPSA) is 26.3 Å². The van der Waals surface area contributed by atoms with Crippen molar-refractivity contribution in [3.05, 3.63) is 0 Å². The maximum absolute atomic E-state index is 11.4. The van der Waals surface area contributed by atoms with Crippen LogP contribution in [0.3, 0.4) is 0 Å². The lowest BCUT2D eigenvalue weighted by Crippen LogP contribution is -2.08. The van der Waals surface area contributed by atoms with Gasteiger partial charge >= 0.3 is 5.97 Å². The van der Waals surface area contributed by atoms with Crippen LogP contribution in [0, 0.1) is 5.92 Å². The fourth-order valence-electron chi connectivity index (χ4n) is 2.34. The number of hydrogen-bond acceptors (Lipinski definition) is 2. The van der Waals surface area contributed by atoms with Crippen molar-refractivity contribution in [2.75, 3.05) is 6.61 Å². The first kappa shape index (κ1) is 17.5. The maximum Gasteiger partial charge on any atom is 0.305 e. The molecule has 0 N–H and O–H groups in total. The highest BCUT2D eigenvalue weighted by Gasteiger charge is 2.11. The maximum atomic E-state index is 11.4. The summed E-state index contributed by atoms with van der Waals surface area (Å²) in [5, 5.41) is 0. The summed E-state index contributed by atoms with van der Waals surface area (Å²) >= 11 is 0. The van der Waals surface area contributed by atoms with Crippen LogP contribution in [0.25, 0.3) is 0 Å². The van der Waals surface area contributed by atoms with Crippen molar-refractivity contribution < 1.29 is 9.53 Å². The van der Waals surface area contributed by atoms with Crippen molar-refractivity contribution in [1.82, 2.24) is 0 Å². The molecule has 0 aromatic rings. The average molecular weight is 256 g/mol. The first-order valence-electron chi connectivity index (χ1n) is 7.90. The molecule has 0 fully saturated rings. The smallest absolute Gasteiger partial charge is 0.305 e. The lowest BCUT2D eigenvalue weighted by Gasteiger charge is -2.16. The third-order valence-electron chi connectivity index (χ3n) is 3.49. The van der Waals surface area contributed by atoms with Gasteiger partial charge in [0, 0.05) is 6.42 Å². The first-order chi connectivity index (χ1) is 8.74. The summed E-state index contributed by atoms with van der Waals surface area (Å²) in [5.74, 6) is 0.707. The van der Waals surface area contributed by atoms with Crippen molar-refractivity contribution in [2.45, 2.75) is 85.0 Å². The predicted molar refractivity (Wildman–Crippen MR) is 77.6 cm³/mol. The Morgan fingerprint density at radius 1 is 0.889 bits per heavy atom. The summed E-state index contributed by atoms with van der Waals surface area (Å²) < 4.78 is 5.00. The molecule has 1 unspecified atom stereocenters. The fraction of sp³-hybridized carbons (Fsp3) is 0.938. The number of rotatable bonds is 12. The van der Waals surface area contributed by atoms with E-state index < -0.39 is 0 Å². The molecule has 0 aliphatic rings. The zero-order valence-electron chi connectivity index (χ0n) is 12.7. The van der Waals surface area contributed by atoms with E-state index in [0.717, 1.165) is 12.3 Å². The lowest BCUT2D eigenvalue weighted by atomic mass is 9.91. The van der Waals surface area contributed by atoms with E-state index in [1.54, 1.807) is 0 Å². The summed E-state index contributed by atoms with van der Waals surface area (Å²) in [5.41, 5.74) is 0. The van der Waals surface area contributed by atoms with E-state index >= 15 is 0 Å². The van der Waals surface area contributed by atoms with Crippen molar-refractivity contribution in [2.24, 2.45) is 5.92 Å². The van der Waals surface area contributed by atoms with E-state index in [1.807, 2.05) is 6.92 Å². The molecule has 0 amide bonds. The number of unbranched alkanes of at least 4 members (excludes halogenated alkanes) is 4. The third kappa shape index (κ3) is 10.6. The van der Waals surface area contributed by atoms with E-state index in [-0.39, 0.29) is 5.97 Å². The normalized spacial score (nSPS) is 12.4. The van der Waals surface area contributed by atoms with Gasteiger partial charge in [0.25, 0.3) is 0 Å². The second kappa shape index (κ2) is 12.9. The summed E-state index contributed by atoms with van der Waals surface area (Å²) in [6, 6.07) is 0. The van der Waals surface area contributed by atoms with Crippen LogP contribution in [0.15, 0.2) is 0 Å². The van der Waals surface area contributed by atoms with E-state index in [9.17, 15) is 4.79 Å². The Hall–Kier alpha value is -0.530. The van der Waals surface area contributed by atoms with Crippen LogP contribution in [0.4, 0.5) is 0 Å². The molecule has 0 saturated carbocycles. The Bertz CT molecular complexity index is 190. The molecule has 0 bridgehead atoms. The minimum atomic E-state index is -0.0208. The average Bonchev–Trinajstić information content (AvgIpc) is 2.37. The number of esters is 1. The Kier molecular flexibility index (Phi) is 12.5. The van der Waals surface area contributed by atoms with Gasteiger partial charge in [0.2, 0.25) is 0 Å². The van der Waals surface area contributed by atoms with Gasteiger partial charge in [0.05, 0.1) is 6.61 Å². The van der Waals surface area contributed by atoms with Gasteiger partial charge in [-0.2, -0.15) is 0 Å². The number of carbonyl (C=O) groups excluding carboxylic acids is 1. The van der Waals surface area contributed by atoms with Crippen molar-refractivity contribution in [3.8, 4) is 0 Å². The molecule has 2 nitrogen and oxygen atoms in total. The molecule has 0 rings (SSSR count). The molecule has 0 aliphatic carbocycles.